The summed E-state index contributed by atoms with van der Waals surface area (Å²) in [4.78, 5) is 1.27. The first-order chi connectivity index (χ1) is 8.81. The Bertz CT molecular complexity index is 476. The summed E-state index contributed by atoms with van der Waals surface area (Å²) in [6.07, 6.45) is 5.00. The van der Waals surface area contributed by atoms with Crippen molar-refractivity contribution in [2.24, 2.45) is 0 Å². The van der Waals surface area contributed by atoms with Crippen LogP contribution in [0, 0.1) is 0 Å². The number of rotatable bonds is 7. The van der Waals surface area contributed by atoms with Gasteiger partial charge in [0.1, 0.15) is 0 Å². The second-order valence-corrected chi connectivity index (χ2v) is 7.42. The van der Waals surface area contributed by atoms with E-state index in [1.54, 1.807) is 22.7 Å². The van der Waals surface area contributed by atoms with Crippen molar-refractivity contribution in [2.45, 2.75) is 32.6 Å². The Hall–Kier alpha value is -0.320. The second-order valence-electron chi connectivity index (χ2n) is 4.14. The Labute approximate surface area is 125 Å². The molecule has 0 atom stereocenters. The lowest BCUT2D eigenvalue weighted by atomic mass is 10.2. The molecule has 4 heteroatoms. The van der Waals surface area contributed by atoms with Gasteiger partial charge in [0.2, 0.25) is 0 Å². The quantitative estimate of drug-likeness (QED) is 0.543. The molecule has 98 valence electrons. The van der Waals surface area contributed by atoms with E-state index in [4.69, 9.17) is 4.74 Å². The highest BCUT2D eigenvalue weighted by atomic mass is 79.9. The third-order valence-electron chi connectivity index (χ3n) is 2.71. The molecule has 2 aromatic heterocycles. The van der Waals surface area contributed by atoms with Crippen molar-refractivity contribution in [2.75, 3.05) is 6.61 Å². The minimum Gasteiger partial charge on any atom is -0.484 e. The van der Waals surface area contributed by atoms with Crippen LogP contribution in [0.2, 0.25) is 0 Å². The van der Waals surface area contributed by atoms with Crippen LogP contribution in [0.3, 0.4) is 0 Å². The first-order valence-corrected chi connectivity index (χ1v) is 8.76. The molecule has 0 fully saturated rings. The largest absolute Gasteiger partial charge is 0.484 e. The molecular weight excluding hydrogens is 328 g/mol. The van der Waals surface area contributed by atoms with Crippen LogP contribution in [0.25, 0.3) is 10.4 Å². The van der Waals surface area contributed by atoms with Gasteiger partial charge in [0.15, 0.2) is 5.06 Å². The maximum absolute atomic E-state index is 5.78. The maximum Gasteiger partial charge on any atom is 0.174 e. The van der Waals surface area contributed by atoms with Gasteiger partial charge in [-0.3, -0.25) is 0 Å². The zero-order chi connectivity index (χ0) is 12.8. The molecule has 0 saturated heterocycles. The minimum atomic E-state index is 0.838. The Kier molecular flexibility index (Phi) is 5.73. The Morgan fingerprint density at radius 1 is 1.17 bits per heavy atom. The van der Waals surface area contributed by atoms with E-state index < -0.39 is 0 Å². The zero-order valence-corrected chi connectivity index (χ0v) is 13.7. The molecule has 0 aliphatic carbocycles. The normalized spacial score (nSPS) is 10.8. The van der Waals surface area contributed by atoms with Crippen LogP contribution in [0.15, 0.2) is 27.4 Å². The number of hydrogen-bond donors (Lipinski definition) is 0. The fourth-order valence-corrected chi connectivity index (χ4v) is 4.12. The van der Waals surface area contributed by atoms with E-state index in [1.807, 2.05) is 0 Å². The van der Waals surface area contributed by atoms with Gasteiger partial charge in [-0.15, -0.1) is 11.3 Å². The highest BCUT2D eigenvalue weighted by Crippen LogP contribution is 2.39. The zero-order valence-electron chi connectivity index (χ0n) is 10.4. The predicted octanol–water partition coefficient (Wildman–Crippen LogP) is 6.20. The van der Waals surface area contributed by atoms with Crippen molar-refractivity contribution in [3.8, 4) is 15.5 Å². The molecule has 0 N–H and O–H groups in total. The summed E-state index contributed by atoms with van der Waals surface area (Å²) in [5.41, 5.74) is 1.27. The van der Waals surface area contributed by atoms with Crippen LogP contribution in [-0.2, 0) is 0 Å². The summed E-state index contributed by atoms with van der Waals surface area (Å²) in [7, 11) is 0. The molecule has 0 aliphatic rings. The monoisotopic (exact) mass is 344 g/mol. The molecule has 2 rings (SSSR count). The highest BCUT2D eigenvalue weighted by molar-refractivity contribution is 9.11. The molecule has 0 bridgehead atoms. The van der Waals surface area contributed by atoms with E-state index >= 15 is 0 Å². The Morgan fingerprint density at radius 2 is 2.06 bits per heavy atom. The lowest BCUT2D eigenvalue weighted by Crippen LogP contribution is -1.94. The van der Waals surface area contributed by atoms with E-state index in [-0.39, 0.29) is 0 Å². The smallest absolute Gasteiger partial charge is 0.174 e. The van der Waals surface area contributed by atoms with Crippen LogP contribution in [0.4, 0.5) is 0 Å². The fourth-order valence-electron chi connectivity index (χ4n) is 1.71. The fraction of sp³-hybridized carbons (Fsp3) is 0.429. The van der Waals surface area contributed by atoms with Gasteiger partial charge in [-0.2, -0.15) is 0 Å². The molecule has 1 nitrogen and oxygen atoms in total. The minimum absolute atomic E-state index is 0.838. The molecular formula is C14H17BrOS2. The van der Waals surface area contributed by atoms with E-state index in [0.29, 0.717) is 0 Å². The van der Waals surface area contributed by atoms with E-state index in [9.17, 15) is 0 Å². The Balaban J connectivity index is 1.85. The summed E-state index contributed by atoms with van der Waals surface area (Å²) in [6.45, 7) is 3.07. The molecule has 2 heterocycles. The lowest BCUT2D eigenvalue weighted by Gasteiger charge is -2.02. The van der Waals surface area contributed by atoms with Crippen molar-refractivity contribution in [1.82, 2.24) is 0 Å². The third-order valence-corrected chi connectivity index (χ3v) is 5.42. The molecule has 0 amide bonds. The molecule has 0 aromatic carbocycles. The maximum atomic E-state index is 5.78. The average Bonchev–Trinajstić information content (AvgIpc) is 2.97. The van der Waals surface area contributed by atoms with Crippen LogP contribution in [-0.4, -0.2) is 6.61 Å². The number of thiophene rings is 2. The van der Waals surface area contributed by atoms with Gasteiger partial charge in [-0.05, 0) is 45.9 Å². The van der Waals surface area contributed by atoms with Crippen molar-refractivity contribution >= 4 is 38.6 Å². The second kappa shape index (κ2) is 7.31. The van der Waals surface area contributed by atoms with Crippen LogP contribution >= 0.6 is 38.6 Å². The van der Waals surface area contributed by atoms with Gasteiger partial charge in [0, 0.05) is 10.4 Å². The number of ether oxygens (including phenoxy) is 1. The average molecular weight is 345 g/mol. The molecule has 0 spiro atoms. The molecule has 0 unspecified atom stereocenters. The van der Waals surface area contributed by atoms with Crippen LogP contribution < -0.4 is 4.74 Å². The molecule has 2 aromatic rings. The van der Waals surface area contributed by atoms with E-state index in [1.165, 1.54) is 33.5 Å². The predicted molar refractivity (Wildman–Crippen MR) is 85.0 cm³/mol. The van der Waals surface area contributed by atoms with Gasteiger partial charge in [-0.1, -0.05) is 37.5 Å². The first kappa shape index (κ1) is 14.1. The summed E-state index contributed by atoms with van der Waals surface area (Å²) >= 11 is 7.02. The number of hydrogen-bond acceptors (Lipinski definition) is 3. The molecule has 18 heavy (non-hydrogen) atoms. The van der Waals surface area contributed by atoms with Crippen molar-refractivity contribution in [1.29, 1.82) is 0 Å². The van der Waals surface area contributed by atoms with Crippen molar-refractivity contribution in [3.05, 3.63) is 27.4 Å². The van der Waals surface area contributed by atoms with Crippen molar-refractivity contribution < 1.29 is 4.74 Å². The van der Waals surface area contributed by atoms with Crippen LogP contribution in [0.1, 0.15) is 32.6 Å². The summed E-state index contributed by atoms with van der Waals surface area (Å²) in [5, 5.41) is 3.13. The molecule has 0 saturated carbocycles. The third kappa shape index (κ3) is 3.84. The molecule has 0 radical (unpaired) electrons. The number of halogens is 1. The van der Waals surface area contributed by atoms with Gasteiger partial charge >= 0.3 is 0 Å². The van der Waals surface area contributed by atoms with Crippen LogP contribution in [0.5, 0.6) is 5.06 Å². The lowest BCUT2D eigenvalue weighted by molar-refractivity contribution is 0.313. The van der Waals surface area contributed by atoms with Gasteiger partial charge in [0.25, 0.3) is 0 Å². The Morgan fingerprint density at radius 3 is 2.78 bits per heavy atom. The summed E-state index contributed by atoms with van der Waals surface area (Å²) < 4.78 is 6.97. The standard InChI is InChI=1S/C14H17BrOS2/c1-2-3-4-5-9-16-13-7-6-12(18-13)11-8-10-17-14(11)15/h6-8,10H,2-5,9H2,1H3. The highest BCUT2D eigenvalue weighted by Gasteiger charge is 2.08. The first-order valence-electron chi connectivity index (χ1n) is 6.27. The van der Waals surface area contributed by atoms with Gasteiger partial charge in [0.05, 0.1) is 10.4 Å². The van der Waals surface area contributed by atoms with Gasteiger partial charge < -0.3 is 4.74 Å². The number of unbranched alkanes of at least 4 members (excludes halogenated alkanes) is 3. The van der Waals surface area contributed by atoms with E-state index in [2.05, 4.69) is 46.4 Å². The SMILES string of the molecule is CCCCCCOc1ccc(-c2ccsc2Br)s1. The van der Waals surface area contributed by atoms with Crippen molar-refractivity contribution in [3.63, 3.8) is 0 Å². The summed E-state index contributed by atoms with van der Waals surface area (Å²) in [6, 6.07) is 6.36. The molecule has 0 aliphatic heterocycles. The van der Waals surface area contributed by atoms with Gasteiger partial charge in [-0.25, -0.2) is 0 Å². The summed E-state index contributed by atoms with van der Waals surface area (Å²) in [5.74, 6) is 0. The topological polar surface area (TPSA) is 9.23 Å². The van der Waals surface area contributed by atoms with E-state index in [0.717, 1.165) is 18.1 Å².